The summed E-state index contributed by atoms with van der Waals surface area (Å²) in [7, 11) is 0. The number of benzene rings is 2. The van der Waals surface area contributed by atoms with Crippen molar-refractivity contribution in [2.24, 2.45) is 10.7 Å². The molecule has 0 spiro atoms. The van der Waals surface area contributed by atoms with Crippen LogP contribution in [0.5, 0.6) is 0 Å². The molecule has 0 fully saturated rings. The summed E-state index contributed by atoms with van der Waals surface area (Å²) in [5, 5.41) is 12.8. The lowest BCUT2D eigenvalue weighted by Crippen LogP contribution is -2.23. The minimum atomic E-state index is -1.02. The maximum Gasteiger partial charge on any atom is 0.193 e. The summed E-state index contributed by atoms with van der Waals surface area (Å²) in [6.45, 7) is 1.98. The van der Waals surface area contributed by atoms with Crippen LogP contribution in [0.3, 0.4) is 0 Å². The third kappa shape index (κ3) is 4.29. The molecule has 0 aliphatic rings. The van der Waals surface area contributed by atoms with Crippen LogP contribution in [0.1, 0.15) is 17.2 Å². The molecular weight excluding hydrogens is 269 g/mol. The molecule has 0 saturated carbocycles. The van der Waals surface area contributed by atoms with E-state index in [-0.39, 0.29) is 18.1 Å². The van der Waals surface area contributed by atoms with E-state index in [2.05, 4.69) is 10.3 Å². The minimum absolute atomic E-state index is 0.00831. The van der Waals surface area contributed by atoms with Gasteiger partial charge in [0.1, 0.15) is 11.9 Å². The molecular formula is C16H18FN3O. The largest absolute Gasteiger partial charge is 0.386 e. The summed E-state index contributed by atoms with van der Waals surface area (Å²) in [4.78, 5) is 4.03. The highest BCUT2D eigenvalue weighted by molar-refractivity contribution is 5.92. The average Bonchev–Trinajstić information content (AvgIpc) is 2.48. The van der Waals surface area contributed by atoms with Gasteiger partial charge in [0, 0.05) is 11.3 Å². The van der Waals surface area contributed by atoms with E-state index in [0.717, 1.165) is 11.3 Å². The highest BCUT2D eigenvalue weighted by atomic mass is 19.1. The minimum Gasteiger partial charge on any atom is -0.386 e. The standard InChI is InChI=1S/C16H18FN3O/c1-11-6-8-12(9-7-11)20-16(18)19-10-15(21)13-4-2-3-5-14(13)17/h2-9,15,21H,10H2,1H3,(H3,18,19,20). The molecule has 4 N–H and O–H groups in total. The number of nitrogens with two attached hydrogens (primary N) is 1. The predicted molar refractivity (Wildman–Crippen MR) is 82.7 cm³/mol. The van der Waals surface area contributed by atoms with Crippen molar-refractivity contribution >= 4 is 11.6 Å². The van der Waals surface area contributed by atoms with Crippen LogP contribution in [0.2, 0.25) is 0 Å². The topological polar surface area (TPSA) is 70.6 Å². The van der Waals surface area contributed by atoms with Gasteiger partial charge in [0.2, 0.25) is 0 Å². The number of aryl methyl sites for hydroxylation is 1. The summed E-state index contributed by atoms with van der Waals surface area (Å²) in [6.07, 6.45) is -1.02. The zero-order valence-electron chi connectivity index (χ0n) is 11.8. The monoisotopic (exact) mass is 287 g/mol. The number of rotatable bonds is 4. The number of aliphatic hydroxyl groups is 1. The van der Waals surface area contributed by atoms with Gasteiger partial charge in [0.05, 0.1) is 6.54 Å². The van der Waals surface area contributed by atoms with E-state index < -0.39 is 11.9 Å². The fourth-order valence-electron chi connectivity index (χ4n) is 1.85. The van der Waals surface area contributed by atoms with E-state index in [4.69, 9.17) is 5.73 Å². The van der Waals surface area contributed by atoms with Crippen molar-refractivity contribution in [3.63, 3.8) is 0 Å². The Kier molecular flexibility index (Phi) is 4.90. The third-order valence-corrected chi connectivity index (χ3v) is 3.02. The number of halogens is 1. The second-order valence-electron chi connectivity index (χ2n) is 4.75. The van der Waals surface area contributed by atoms with Gasteiger partial charge in [-0.25, -0.2) is 4.39 Å². The maximum absolute atomic E-state index is 13.5. The smallest absolute Gasteiger partial charge is 0.193 e. The molecule has 110 valence electrons. The van der Waals surface area contributed by atoms with Crippen LogP contribution < -0.4 is 11.1 Å². The summed E-state index contributed by atoms with van der Waals surface area (Å²) in [5.41, 5.74) is 7.91. The number of hydrogen-bond donors (Lipinski definition) is 3. The normalized spacial score (nSPS) is 13.0. The van der Waals surface area contributed by atoms with Crippen molar-refractivity contribution in [2.45, 2.75) is 13.0 Å². The highest BCUT2D eigenvalue weighted by Crippen LogP contribution is 2.16. The van der Waals surface area contributed by atoms with Crippen LogP contribution in [0.25, 0.3) is 0 Å². The molecule has 0 aliphatic heterocycles. The molecule has 4 nitrogen and oxygen atoms in total. The summed E-state index contributed by atoms with van der Waals surface area (Å²) in [5.74, 6) is -0.278. The number of aliphatic imine (C=N–C) groups is 1. The van der Waals surface area contributed by atoms with Crippen molar-refractivity contribution < 1.29 is 9.50 Å². The van der Waals surface area contributed by atoms with E-state index in [9.17, 15) is 9.50 Å². The molecule has 2 rings (SSSR count). The number of nitrogens with one attached hydrogen (secondary N) is 1. The first-order valence-corrected chi connectivity index (χ1v) is 6.62. The first kappa shape index (κ1) is 15.0. The molecule has 2 aromatic rings. The lowest BCUT2D eigenvalue weighted by molar-refractivity contribution is 0.182. The Balaban J connectivity index is 1.97. The molecule has 1 atom stereocenters. The van der Waals surface area contributed by atoms with Gasteiger partial charge in [-0.3, -0.25) is 4.99 Å². The molecule has 0 aromatic heterocycles. The fraction of sp³-hybridized carbons (Fsp3) is 0.188. The second kappa shape index (κ2) is 6.85. The molecule has 0 amide bonds. The number of hydrogen-bond acceptors (Lipinski definition) is 2. The maximum atomic E-state index is 13.5. The van der Waals surface area contributed by atoms with Crippen LogP contribution in [-0.2, 0) is 0 Å². The van der Waals surface area contributed by atoms with Crippen LogP contribution in [0, 0.1) is 12.7 Å². The van der Waals surface area contributed by atoms with Gasteiger partial charge in [0.25, 0.3) is 0 Å². The Hall–Kier alpha value is -2.40. The zero-order chi connectivity index (χ0) is 15.2. The number of nitrogens with zero attached hydrogens (tertiary/aromatic N) is 1. The molecule has 5 heteroatoms. The first-order chi connectivity index (χ1) is 10.1. The van der Waals surface area contributed by atoms with Crippen molar-refractivity contribution in [1.82, 2.24) is 0 Å². The van der Waals surface area contributed by atoms with Crippen molar-refractivity contribution in [3.8, 4) is 0 Å². The molecule has 0 aliphatic carbocycles. The molecule has 21 heavy (non-hydrogen) atoms. The summed E-state index contributed by atoms with van der Waals surface area (Å²) < 4.78 is 13.5. The Morgan fingerprint density at radius 3 is 2.57 bits per heavy atom. The SMILES string of the molecule is Cc1ccc(NC(N)=NCC(O)c2ccccc2F)cc1. The molecule has 0 saturated heterocycles. The zero-order valence-corrected chi connectivity index (χ0v) is 11.8. The van der Waals surface area contributed by atoms with E-state index in [1.54, 1.807) is 12.1 Å². The van der Waals surface area contributed by atoms with Crippen molar-refractivity contribution in [2.75, 3.05) is 11.9 Å². The van der Waals surface area contributed by atoms with Gasteiger partial charge in [0.15, 0.2) is 5.96 Å². The van der Waals surface area contributed by atoms with Gasteiger partial charge >= 0.3 is 0 Å². The Labute approximate surface area is 123 Å². The Morgan fingerprint density at radius 1 is 1.24 bits per heavy atom. The number of guanidine groups is 1. The van der Waals surface area contributed by atoms with E-state index in [0.29, 0.717) is 0 Å². The summed E-state index contributed by atoms with van der Waals surface area (Å²) in [6, 6.07) is 13.7. The van der Waals surface area contributed by atoms with Gasteiger partial charge in [-0.2, -0.15) is 0 Å². The first-order valence-electron chi connectivity index (χ1n) is 6.62. The lowest BCUT2D eigenvalue weighted by Gasteiger charge is -2.10. The third-order valence-electron chi connectivity index (χ3n) is 3.02. The van der Waals surface area contributed by atoms with Crippen molar-refractivity contribution in [3.05, 3.63) is 65.5 Å². The van der Waals surface area contributed by atoms with Gasteiger partial charge in [-0.15, -0.1) is 0 Å². The lowest BCUT2D eigenvalue weighted by atomic mass is 10.1. The summed E-state index contributed by atoms with van der Waals surface area (Å²) >= 11 is 0. The van der Waals surface area contributed by atoms with Gasteiger partial charge in [-0.05, 0) is 25.1 Å². The van der Waals surface area contributed by atoms with Gasteiger partial charge < -0.3 is 16.2 Å². The van der Waals surface area contributed by atoms with E-state index in [1.165, 1.54) is 12.1 Å². The van der Waals surface area contributed by atoms with E-state index >= 15 is 0 Å². The van der Waals surface area contributed by atoms with Crippen LogP contribution >= 0.6 is 0 Å². The van der Waals surface area contributed by atoms with E-state index in [1.807, 2.05) is 31.2 Å². The fourth-order valence-corrected chi connectivity index (χ4v) is 1.85. The highest BCUT2D eigenvalue weighted by Gasteiger charge is 2.11. The molecule has 0 bridgehead atoms. The average molecular weight is 287 g/mol. The molecule has 1 unspecified atom stereocenters. The van der Waals surface area contributed by atoms with Crippen molar-refractivity contribution in [1.29, 1.82) is 0 Å². The molecule has 0 heterocycles. The quantitative estimate of drug-likeness (QED) is 0.598. The van der Waals surface area contributed by atoms with Gasteiger partial charge in [-0.1, -0.05) is 35.9 Å². The number of anilines is 1. The Bertz CT molecular complexity index is 626. The second-order valence-corrected chi connectivity index (χ2v) is 4.75. The predicted octanol–water partition coefficient (Wildman–Crippen LogP) is 2.59. The van der Waals surface area contributed by atoms with Crippen LogP contribution in [0.15, 0.2) is 53.5 Å². The Morgan fingerprint density at radius 2 is 1.90 bits per heavy atom. The molecule has 2 aromatic carbocycles. The van der Waals surface area contributed by atoms with Crippen LogP contribution in [-0.4, -0.2) is 17.6 Å². The molecule has 0 radical (unpaired) electrons. The number of aliphatic hydroxyl groups excluding tert-OH is 1. The van der Waals surface area contributed by atoms with Crippen LogP contribution in [0.4, 0.5) is 10.1 Å².